The van der Waals surface area contributed by atoms with Crippen molar-refractivity contribution in [1.82, 2.24) is 4.57 Å². The molecule has 2 nitrogen and oxygen atoms in total. The summed E-state index contributed by atoms with van der Waals surface area (Å²) in [6.45, 7) is 0. The number of aromatic nitrogens is 1. The van der Waals surface area contributed by atoms with Gasteiger partial charge in [-0.15, -0.1) is 11.3 Å². The van der Waals surface area contributed by atoms with Gasteiger partial charge in [0.05, 0.1) is 11.0 Å². The Bertz CT molecular complexity index is 3160. The smallest absolute Gasteiger partial charge is 0.0541 e. The van der Waals surface area contributed by atoms with E-state index < -0.39 is 0 Å². The quantitative estimate of drug-likeness (QED) is 0.158. The highest BCUT2D eigenvalue weighted by Crippen LogP contribution is 2.40. The van der Waals surface area contributed by atoms with E-state index in [4.69, 9.17) is 0 Å². The van der Waals surface area contributed by atoms with Gasteiger partial charge in [0.25, 0.3) is 0 Å². The lowest BCUT2D eigenvalue weighted by Gasteiger charge is -2.26. The van der Waals surface area contributed by atoms with Crippen LogP contribution in [0, 0.1) is 0 Å². The summed E-state index contributed by atoms with van der Waals surface area (Å²) < 4.78 is 5.03. The Kier molecular flexibility index (Phi) is 8.04. The van der Waals surface area contributed by atoms with Crippen molar-refractivity contribution in [3.63, 3.8) is 0 Å². The van der Waals surface area contributed by atoms with Crippen LogP contribution in [-0.4, -0.2) is 4.57 Å². The van der Waals surface area contributed by atoms with E-state index in [2.05, 4.69) is 228 Å². The second-order valence-electron chi connectivity index (χ2n) is 14.6. The van der Waals surface area contributed by atoms with E-state index >= 15 is 0 Å². The Labute approximate surface area is 335 Å². The Balaban J connectivity index is 0.958. The molecule has 57 heavy (non-hydrogen) atoms. The maximum atomic E-state index is 2.38. The summed E-state index contributed by atoms with van der Waals surface area (Å²) in [7, 11) is 0. The average molecular weight is 745 g/mol. The number of benzene rings is 9. The summed E-state index contributed by atoms with van der Waals surface area (Å²) in [6.07, 6.45) is 0. The molecule has 0 fully saturated rings. The van der Waals surface area contributed by atoms with E-state index in [1.807, 2.05) is 11.3 Å². The van der Waals surface area contributed by atoms with Gasteiger partial charge in [0.1, 0.15) is 0 Å². The number of hydrogen-bond donors (Lipinski definition) is 0. The molecule has 3 heteroatoms. The van der Waals surface area contributed by atoms with Crippen molar-refractivity contribution < 1.29 is 0 Å². The molecule has 9 aromatic carbocycles. The monoisotopic (exact) mass is 744 g/mol. The van der Waals surface area contributed by atoms with E-state index in [9.17, 15) is 0 Å². The van der Waals surface area contributed by atoms with Crippen molar-refractivity contribution in [2.75, 3.05) is 4.90 Å². The average Bonchev–Trinajstić information content (AvgIpc) is 3.83. The van der Waals surface area contributed by atoms with Crippen molar-refractivity contribution in [3.8, 4) is 39.1 Å². The summed E-state index contributed by atoms with van der Waals surface area (Å²) in [5.74, 6) is 0. The number of hydrogen-bond acceptors (Lipinski definition) is 2. The van der Waals surface area contributed by atoms with Crippen LogP contribution in [-0.2, 0) is 0 Å². The molecule has 11 rings (SSSR count). The van der Waals surface area contributed by atoms with Crippen molar-refractivity contribution in [2.45, 2.75) is 0 Å². The number of para-hydroxylation sites is 2. The maximum absolute atomic E-state index is 2.38. The Morgan fingerprint density at radius 2 is 0.737 bits per heavy atom. The molecular formula is C54H36N2S. The first kappa shape index (κ1) is 33.2. The van der Waals surface area contributed by atoms with Gasteiger partial charge in [0.2, 0.25) is 0 Å². The molecule has 0 amide bonds. The molecule has 0 unspecified atom stereocenters. The molecule has 2 aromatic heterocycles. The van der Waals surface area contributed by atoms with Crippen LogP contribution in [0.15, 0.2) is 218 Å². The molecule has 0 atom stereocenters. The third-order valence-electron chi connectivity index (χ3n) is 11.2. The predicted molar refractivity (Wildman–Crippen MR) is 245 cm³/mol. The number of rotatable bonds is 7. The predicted octanol–water partition coefficient (Wildman–Crippen LogP) is 15.6. The number of thiophene rings is 1. The number of nitrogens with zero attached hydrogens (tertiary/aromatic N) is 2. The molecule has 11 aromatic rings. The molecule has 0 aliphatic carbocycles. The van der Waals surface area contributed by atoms with Gasteiger partial charge in [-0.3, -0.25) is 0 Å². The molecule has 0 aliphatic rings. The van der Waals surface area contributed by atoms with Crippen LogP contribution >= 0.6 is 11.3 Å². The van der Waals surface area contributed by atoms with Crippen molar-refractivity contribution >= 4 is 70.4 Å². The van der Waals surface area contributed by atoms with E-state index in [1.54, 1.807) is 0 Å². The van der Waals surface area contributed by atoms with Crippen LogP contribution in [0.2, 0.25) is 0 Å². The molecule has 0 bridgehead atoms. The van der Waals surface area contributed by atoms with E-state index in [1.165, 1.54) is 75.4 Å². The standard InChI is InChI=1S/C54H36N2S/c1-2-11-37(12-3-1)38-21-28-43(29-22-38)55(45-32-25-40(26-33-45)42-27-34-50-49-17-6-9-20-53(49)57-54(50)36-42)44-30-23-39(24-31-44)41-13-10-14-46(35-41)56-51-18-7-4-15-47(51)48-16-5-8-19-52(48)56/h1-36H. The minimum atomic E-state index is 1.10. The second-order valence-corrected chi connectivity index (χ2v) is 15.7. The Morgan fingerprint density at radius 3 is 1.35 bits per heavy atom. The van der Waals surface area contributed by atoms with E-state index in [0.29, 0.717) is 0 Å². The summed E-state index contributed by atoms with van der Waals surface area (Å²) in [4.78, 5) is 2.35. The first-order valence-electron chi connectivity index (χ1n) is 19.4. The third kappa shape index (κ3) is 5.88. The molecule has 0 radical (unpaired) electrons. The van der Waals surface area contributed by atoms with Crippen LogP contribution in [0.25, 0.3) is 81.0 Å². The Hall–Kier alpha value is -7.20. The van der Waals surface area contributed by atoms with Crippen molar-refractivity contribution in [3.05, 3.63) is 218 Å². The molecule has 0 aliphatic heterocycles. The molecule has 268 valence electrons. The normalized spacial score (nSPS) is 11.5. The van der Waals surface area contributed by atoms with Crippen molar-refractivity contribution in [2.24, 2.45) is 0 Å². The first-order chi connectivity index (χ1) is 28.2. The van der Waals surface area contributed by atoms with Gasteiger partial charge < -0.3 is 9.47 Å². The van der Waals surface area contributed by atoms with Crippen LogP contribution in [0.4, 0.5) is 17.1 Å². The fraction of sp³-hybridized carbons (Fsp3) is 0. The molecule has 0 spiro atoms. The summed E-state index contributed by atoms with van der Waals surface area (Å²) in [5, 5.41) is 5.19. The lowest BCUT2D eigenvalue weighted by Crippen LogP contribution is -2.09. The van der Waals surface area contributed by atoms with Crippen LogP contribution in [0.5, 0.6) is 0 Å². The lowest BCUT2D eigenvalue weighted by atomic mass is 10.0. The lowest BCUT2D eigenvalue weighted by molar-refractivity contribution is 1.18. The van der Waals surface area contributed by atoms with Crippen LogP contribution in [0.3, 0.4) is 0 Å². The molecule has 0 saturated carbocycles. The van der Waals surface area contributed by atoms with Gasteiger partial charge in [0.15, 0.2) is 0 Å². The zero-order valence-corrected chi connectivity index (χ0v) is 31.9. The van der Waals surface area contributed by atoms with Crippen LogP contribution < -0.4 is 4.90 Å². The summed E-state index contributed by atoms with van der Waals surface area (Å²) in [5.41, 5.74) is 14.1. The van der Waals surface area contributed by atoms with Crippen LogP contribution in [0.1, 0.15) is 0 Å². The van der Waals surface area contributed by atoms with E-state index in [-0.39, 0.29) is 0 Å². The van der Waals surface area contributed by atoms with Gasteiger partial charge in [0, 0.05) is 53.7 Å². The Morgan fingerprint density at radius 1 is 0.298 bits per heavy atom. The first-order valence-corrected chi connectivity index (χ1v) is 20.2. The number of fused-ring (bicyclic) bond motifs is 6. The maximum Gasteiger partial charge on any atom is 0.0541 e. The molecular weight excluding hydrogens is 709 g/mol. The largest absolute Gasteiger partial charge is 0.311 e. The highest BCUT2D eigenvalue weighted by atomic mass is 32.1. The highest BCUT2D eigenvalue weighted by molar-refractivity contribution is 7.25. The third-order valence-corrected chi connectivity index (χ3v) is 12.3. The zero-order chi connectivity index (χ0) is 37.7. The van der Waals surface area contributed by atoms with Gasteiger partial charge >= 0.3 is 0 Å². The number of anilines is 3. The SMILES string of the molecule is c1ccc(-c2ccc(N(c3ccc(-c4cccc(-n5c6ccccc6c6ccccc65)c4)cc3)c3ccc(-c4ccc5c(c4)sc4ccccc45)cc3)cc2)cc1. The minimum absolute atomic E-state index is 1.10. The fourth-order valence-electron chi connectivity index (χ4n) is 8.42. The van der Waals surface area contributed by atoms with Gasteiger partial charge in [-0.2, -0.15) is 0 Å². The van der Waals surface area contributed by atoms with Gasteiger partial charge in [-0.05, 0) is 106 Å². The second kappa shape index (κ2) is 13.8. The fourth-order valence-corrected chi connectivity index (χ4v) is 9.56. The molecule has 0 saturated heterocycles. The molecule has 0 N–H and O–H groups in total. The minimum Gasteiger partial charge on any atom is -0.311 e. The van der Waals surface area contributed by atoms with E-state index in [0.717, 1.165) is 22.7 Å². The van der Waals surface area contributed by atoms with Crippen molar-refractivity contribution in [1.29, 1.82) is 0 Å². The van der Waals surface area contributed by atoms with Gasteiger partial charge in [-0.1, -0.05) is 146 Å². The topological polar surface area (TPSA) is 8.17 Å². The summed E-state index contributed by atoms with van der Waals surface area (Å²) in [6, 6.07) is 79.3. The summed E-state index contributed by atoms with van der Waals surface area (Å²) >= 11 is 1.86. The van der Waals surface area contributed by atoms with Gasteiger partial charge in [-0.25, -0.2) is 0 Å². The highest BCUT2D eigenvalue weighted by Gasteiger charge is 2.16. The molecule has 2 heterocycles. The zero-order valence-electron chi connectivity index (χ0n) is 31.1.